The Morgan fingerprint density at radius 3 is 2.61 bits per heavy atom. The van der Waals surface area contributed by atoms with Crippen molar-refractivity contribution in [1.82, 2.24) is 4.57 Å². The molecule has 2 aromatic rings. The van der Waals surface area contributed by atoms with Gasteiger partial charge in [-0.2, -0.15) is 5.26 Å². The molecule has 1 heterocycles. The third-order valence-corrected chi connectivity index (χ3v) is 3.84. The molecular weight excluding hydrogens is 288 g/mol. The van der Waals surface area contributed by atoms with Crippen LogP contribution in [0.4, 0.5) is 0 Å². The summed E-state index contributed by atoms with van der Waals surface area (Å²) in [6.45, 7) is 4.89. The van der Waals surface area contributed by atoms with E-state index in [1.807, 2.05) is 30.3 Å². The zero-order valence-electron chi connectivity index (χ0n) is 13.9. The number of pyridine rings is 1. The van der Waals surface area contributed by atoms with Crippen molar-refractivity contribution >= 4 is 0 Å². The molecule has 0 aliphatic rings. The Balaban J connectivity index is 2.60. The lowest BCUT2D eigenvalue weighted by Gasteiger charge is -2.17. The molecule has 0 aliphatic heterocycles. The second-order valence-corrected chi connectivity index (χ2v) is 5.92. The lowest BCUT2D eigenvalue weighted by Crippen LogP contribution is -2.25. The zero-order chi connectivity index (χ0) is 16.8. The first kappa shape index (κ1) is 16.8. The highest BCUT2D eigenvalue weighted by Crippen LogP contribution is 2.29. The van der Waals surface area contributed by atoms with Gasteiger partial charge in [-0.05, 0) is 30.5 Å². The summed E-state index contributed by atoms with van der Waals surface area (Å²) in [4.78, 5) is 12.7. The molecule has 2 rings (SSSR count). The van der Waals surface area contributed by atoms with E-state index in [4.69, 9.17) is 10.00 Å². The molecule has 0 spiro atoms. The average Bonchev–Trinajstić information content (AvgIpc) is 2.55. The molecule has 0 unspecified atom stereocenters. The summed E-state index contributed by atoms with van der Waals surface area (Å²) in [6.07, 6.45) is 1.03. The topological polar surface area (TPSA) is 55.0 Å². The van der Waals surface area contributed by atoms with Crippen molar-refractivity contribution in [3.63, 3.8) is 0 Å². The Kier molecular flexibility index (Phi) is 5.59. The fourth-order valence-corrected chi connectivity index (χ4v) is 2.54. The maximum atomic E-state index is 12.7. The molecule has 0 bridgehead atoms. The number of hydrogen-bond acceptors (Lipinski definition) is 3. The fraction of sp³-hybridized carbons (Fsp3) is 0.368. The van der Waals surface area contributed by atoms with Gasteiger partial charge in [-0.1, -0.05) is 32.0 Å². The molecule has 0 saturated carbocycles. The number of aromatic nitrogens is 1. The molecule has 1 aromatic heterocycles. The molecule has 0 fully saturated rings. The molecule has 4 heteroatoms. The predicted octanol–water partition coefficient (Wildman–Crippen LogP) is 3.64. The van der Waals surface area contributed by atoms with Crippen LogP contribution in [0, 0.1) is 17.2 Å². The zero-order valence-corrected chi connectivity index (χ0v) is 13.9. The van der Waals surface area contributed by atoms with Gasteiger partial charge in [-0.25, -0.2) is 0 Å². The maximum Gasteiger partial charge on any atom is 0.255 e. The van der Waals surface area contributed by atoms with Gasteiger partial charge < -0.3 is 9.30 Å². The lowest BCUT2D eigenvalue weighted by molar-refractivity contribution is 0.415. The number of benzene rings is 1. The first-order valence-corrected chi connectivity index (χ1v) is 7.81. The minimum Gasteiger partial charge on any atom is -0.496 e. The highest BCUT2D eigenvalue weighted by Gasteiger charge is 2.14. The number of hydrogen-bond donors (Lipinski definition) is 0. The predicted molar refractivity (Wildman–Crippen MR) is 91.5 cm³/mol. The van der Waals surface area contributed by atoms with Crippen LogP contribution in [0.2, 0.25) is 0 Å². The van der Waals surface area contributed by atoms with Crippen molar-refractivity contribution in [2.75, 3.05) is 7.11 Å². The van der Waals surface area contributed by atoms with Crippen molar-refractivity contribution in [2.45, 2.75) is 33.2 Å². The van der Waals surface area contributed by atoms with Gasteiger partial charge in [0.25, 0.3) is 5.56 Å². The Bertz CT molecular complexity index is 770. The van der Waals surface area contributed by atoms with Gasteiger partial charge in [0, 0.05) is 17.7 Å². The molecule has 0 saturated heterocycles. The number of methoxy groups -OCH3 is 1. The van der Waals surface area contributed by atoms with Gasteiger partial charge in [0.2, 0.25) is 0 Å². The number of nitriles is 1. The number of nitrogens with zero attached hydrogens (tertiary/aromatic N) is 2. The summed E-state index contributed by atoms with van der Waals surface area (Å²) in [7, 11) is 1.62. The van der Waals surface area contributed by atoms with Gasteiger partial charge in [0.15, 0.2) is 0 Å². The normalized spacial score (nSPS) is 10.6. The molecule has 0 aliphatic carbocycles. The Morgan fingerprint density at radius 2 is 1.96 bits per heavy atom. The van der Waals surface area contributed by atoms with Crippen LogP contribution in [-0.2, 0) is 13.0 Å². The SMILES string of the molecule is COc1ccccc1-c1ccc(CC#N)c(=O)n1CCC(C)C. The maximum absolute atomic E-state index is 12.7. The third kappa shape index (κ3) is 3.81. The van der Waals surface area contributed by atoms with E-state index in [0.717, 1.165) is 23.4 Å². The van der Waals surface area contributed by atoms with E-state index in [9.17, 15) is 4.79 Å². The second kappa shape index (κ2) is 7.64. The van der Waals surface area contributed by atoms with Gasteiger partial charge in [-0.3, -0.25) is 4.79 Å². The fourth-order valence-electron chi connectivity index (χ4n) is 2.54. The summed E-state index contributed by atoms with van der Waals surface area (Å²) in [5.74, 6) is 1.23. The van der Waals surface area contributed by atoms with Crippen molar-refractivity contribution < 1.29 is 4.74 Å². The summed E-state index contributed by atoms with van der Waals surface area (Å²) in [5, 5.41) is 8.90. The molecule has 4 nitrogen and oxygen atoms in total. The van der Waals surface area contributed by atoms with Gasteiger partial charge in [0.05, 0.1) is 25.3 Å². The van der Waals surface area contributed by atoms with Crippen LogP contribution < -0.4 is 10.3 Å². The molecule has 0 amide bonds. The summed E-state index contributed by atoms with van der Waals surface area (Å²) in [5.41, 5.74) is 2.17. The van der Waals surface area contributed by atoms with Gasteiger partial charge >= 0.3 is 0 Å². The van der Waals surface area contributed by atoms with Crippen molar-refractivity contribution in [2.24, 2.45) is 5.92 Å². The molecular formula is C19H22N2O2. The average molecular weight is 310 g/mol. The largest absolute Gasteiger partial charge is 0.496 e. The van der Waals surface area contributed by atoms with E-state index >= 15 is 0 Å². The molecule has 1 aromatic carbocycles. The van der Waals surface area contributed by atoms with Gasteiger partial charge in [-0.15, -0.1) is 0 Å². The standard InChI is InChI=1S/C19H22N2O2/c1-14(2)11-13-21-17(9-8-15(10-12-20)19(21)22)16-6-4-5-7-18(16)23-3/h4-9,14H,10-11,13H2,1-3H3. The summed E-state index contributed by atoms with van der Waals surface area (Å²) < 4.78 is 7.20. The van der Waals surface area contributed by atoms with Crippen LogP contribution in [-0.4, -0.2) is 11.7 Å². The number of ether oxygens (including phenoxy) is 1. The van der Waals surface area contributed by atoms with E-state index in [-0.39, 0.29) is 12.0 Å². The highest BCUT2D eigenvalue weighted by molar-refractivity contribution is 5.67. The monoisotopic (exact) mass is 310 g/mol. The first-order valence-electron chi connectivity index (χ1n) is 7.81. The smallest absolute Gasteiger partial charge is 0.255 e. The van der Waals surface area contributed by atoms with Crippen LogP contribution in [0.5, 0.6) is 5.75 Å². The quantitative estimate of drug-likeness (QED) is 0.818. The van der Waals surface area contributed by atoms with Crippen LogP contribution in [0.1, 0.15) is 25.8 Å². The molecule has 23 heavy (non-hydrogen) atoms. The van der Waals surface area contributed by atoms with Crippen LogP contribution >= 0.6 is 0 Å². The van der Waals surface area contributed by atoms with Crippen LogP contribution in [0.15, 0.2) is 41.2 Å². The van der Waals surface area contributed by atoms with Crippen LogP contribution in [0.3, 0.4) is 0 Å². The van der Waals surface area contributed by atoms with E-state index in [0.29, 0.717) is 18.0 Å². The van der Waals surface area contributed by atoms with Gasteiger partial charge in [0.1, 0.15) is 5.75 Å². The second-order valence-electron chi connectivity index (χ2n) is 5.92. The molecule has 0 N–H and O–H groups in total. The minimum atomic E-state index is -0.0874. The number of para-hydroxylation sites is 1. The highest BCUT2D eigenvalue weighted by atomic mass is 16.5. The molecule has 120 valence electrons. The molecule has 0 radical (unpaired) electrons. The minimum absolute atomic E-state index is 0.0874. The van der Waals surface area contributed by atoms with Crippen molar-refractivity contribution in [3.05, 3.63) is 52.3 Å². The molecule has 0 atom stereocenters. The van der Waals surface area contributed by atoms with E-state index in [2.05, 4.69) is 19.9 Å². The first-order chi connectivity index (χ1) is 11.1. The van der Waals surface area contributed by atoms with Crippen LogP contribution in [0.25, 0.3) is 11.3 Å². The van der Waals surface area contributed by atoms with Crippen molar-refractivity contribution in [3.8, 4) is 23.1 Å². The Hall–Kier alpha value is -2.54. The van der Waals surface area contributed by atoms with E-state index in [1.54, 1.807) is 17.7 Å². The van der Waals surface area contributed by atoms with Crippen molar-refractivity contribution in [1.29, 1.82) is 5.26 Å². The summed E-state index contributed by atoms with van der Waals surface area (Å²) in [6, 6.07) is 13.4. The number of rotatable bonds is 6. The van der Waals surface area contributed by atoms with E-state index < -0.39 is 0 Å². The van der Waals surface area contributed by atoms with E-state index in [1.165, 1.54) is 0 Å². The summed E-state index contributed by atoms with van der Waals surface area (Å²) >= 11 is 0. The Morgan fingerprint density at radius 1 is 1.22 bits per heavy atom. The third-order valence-electron chi connectivity index (χ3n) is 3.84. The lowest BCUT2D eigenvalue weighted by atomic mass is 10.1. The Labute approximate surface area is 137 Å².